The fourth-order valence-electron chi connectivity index (χ4n) is 2.81. The van der Waals surface area contributed by atoms with Gasteiger partial charge in [-0.15, -0.1) is 11.3 Å². The highest BCUT2D eigenvalue weighted by Gasteiger charge is 2.15. The van der Waals surface area contributed by atoms with Crippen LogP contribution in [0, 0.1) is 13.8 Å². The van der Waals surface area contributed by atoms with Gasteiger partial charge in [0.2, 0.25) is 5.91 Å². The topological polar surface area (TPSA) is 90.3 Å². The molecule has 0 aliphatic heterocycles. The summed E-state index contributed by atoms with van der Waals surface area (Å²) >= 11 is 1.32. The van der Waals surface area contributed by atoms with Gasteiger partial charge in [0.25, 0.3) is 0 Å². The number of carbonyl (C=O) groups excluding carboxylic acids is 1. The molecule has 0 aliphatic rings. The van der Waals surface area contributed by atoms with Crippen molar-refractivity contribution in [2.24, 2.45) is 0 Å². The largest absolute Gasteiger partial charge is 0.466 e. The second-order valence-corrected chi connectivity index (χ2v) is 6.69. The Morgan fingerprint density at radius 2 is 2.08 bits per heavy atom. The Hall–Kier alpha value is -3.13. The maximum Gasteiger partial charge on any atom is 0.420 e. The number of para-hydroxylation sites is 2. The van der Waals surface area contributed by atoms with Gasteiger partial charge in [-0.3, -0.25) is 9.36 Å². The van der Waals surface area contributed by atoms with E-state index in [4.69, 9.17) is 8.83 Å². The van der Waals surface area contributed by atoms with Gasteiger partial charge in [0.1, 0.15) is 18.1 Å². The Labute approximate surface area is 151 Å². The van der Waals surface area contributed by atoms with E-state index in [-0.39, 0.29) is 12.5 Å². The van der Waals surface area contributed by atoms with Crippen LogP contribution in [-0.2, 0) is 11.3 Å². The van der Waals surface area contributed by atoms with E-state index < -0.39 is 5.76 Å². The van der Waals surface area contributed by atoms with Crippen LogP contribution in [-0.4, -0.2) is 15.5 Å². The molecule has 132 valence electrons. The summed E-state index contributed by atoms with van der Waals surface area (Å²) in [4.78, 5) is 28.7. The van der Waals surface area contributed by atoms with E-state index in [1.165, 1.54) is 15.9 Å². The molecule has 4 aromatic rings. The van der Waals surface area contributed by atoms with E-state index in [1.54, 1.807) is 24.3 Å². The quantitative estimate of drug-likeness (QED) is 0.594. The monoisotopic (exact) mass is 369 g/mol. The first-order chi connectivity index (χ1) is 12.5. The van der Waals surface area contributed by atoms with Crippen molar-refractivity contribution in [1.82, 2.24) is 9.55 Å². The van der Waals surface area contributed by atoms with E-state index in [1.807, 2.05) is 25.3 Å². The van der Waals surface area contributed by atoms with Gasteiger partial charge < -0.3 is 14.2 Å². The maximum atomic E-state index is 12.3. The van der Waals surface area contributed by atoms with E-state index >= 15 is 0 Å². The van der Waals surface area contributed by atoms with E-state index in [2.05, 4.69) is 10.3 Å². The zero-order valence-electron chi connectivity index (χ0n) is 14.1. The van der Waals surface area contributed by atoms with Gasteiger partial charge in [0.15, 0.2) is 10.7 Å². The number of furan rings is 1. The number of nitrogens with one attached hydrogen (secondary N) is 1. The van der Waals surface area contributed by atoms with Crippen LogP contribution in [0.4, 0.5) is 5.13 Å². The molecule has 0 saturated heterocycles. The molecule has 7 nitrogen and oxygen atoms in total. The third-order valence-corrected chi connectivity index (χ3v) is 4.70. The maximum absolute atomic E-state index is 12.3. The summed E-state index contributed by atoms with van der Waals surface area (Å²) in [7, 11) is 0. The number of hydrogen-bond donors (Lipinski definition) is 1. The van der Waals surface area contributed by atoms with Crippen LogP contribution in [0.15, 0.2) is 49.3 Å². The first-order valence-electron chi connectivity index (χ1n) is 7.92. The molecule has 0 bridgehead atoms. The number of aryl methyl sites for hydroxylation is 2. The van der Waals surface area contributed by atoms with Crippen molar-refractivity contribution in [3.63, 3.8) is 0 Å². The number of fused-ring (bicyclic) bond motifs is 1. The normalized spacial score (nSPS) is 11.2. The lowest BCUT2D eigenvalue weighted by molar-refractivity contribution is -0.116. The molecule has 8 heteroatoms. The van der Waals surface area contributed by atoms with Gasteiger partial charge in [0, 0.05) is 10.9 Å². The van der Waals surface area contributed by atoms with Crippen LogP contribution in [0.1, 0.15) is 11.5 Å². The van der Waals surface area contributed by atoms with Crippen molar-refractivity contribution >= 4 is 33.5 Å². The molecule has 1 amide bonds. The molecular weight excluding hydrogens is 354 g/mol. The summed E-state index contributed by atoms with van der Waals surface area (Å²) in [5.41, 5.74) is 2.67. The highest BCUT2D eigenvalue weighted by atomic mass is 32.1. The van der Waals surface area contributed by atoms with Crippen LogP contribution in [0.25, 0.3) is 22.4 Å². The Morgan fingerprint density at radius 1 is 1.27 bits per heavy atom. The Balaban J connectivity index is 1.53. The molecule has 26 heavy (non-hydrogen) atoms. The summed E-state index contributed by atoms with van der Waals surface area (Å²) in [6.07, 6.45) is 0. The molecule has 0 atom stereocenters. The molecule has 4 rings (SSSR count). The fourth-order valence-corrected chi connectivity index (χ4v) is 3.53. The number of oxazole rings is 1. The summed E-state index contributed by atoms with van der Waals surface area (Å²) < 4.78 is 11.9. The summed E-state index contributed by atoms with van der Waals surface area (Å²) in [5, 5.41) is 5.04. The highest BCUT2D eigenvalue weighted by Crippen LogP contribution is 2.29. The molecule has 0 fully saturated rings. The predicted octanol–water partition coefficient (Wildman–Crippen LogP) is 3.57. The molecule has 1 aromatic carbocycles. The van der Waals surface area contributed by atoms with Gasteiger partial charge in [-0.1, -0.05) is 12.1 Å². The molecule has 1 N–H and O–H groups in total. The number of benzene rings is 1. The zero-order valence-corrected chi connectivity index (χ0v) is 14.9. The second kappa shape index (κ2) is 6.30. The number of thiazole rings is 1. The molecular formula is C18H15N3O4S. The SMILES string of the molecule is Cc1cc(-c2csc(NC(=O)Cn3c(=O)oc4ccccc43)n2)c(C)o1. The van der Waals surface area contributed by atoms with Crippen LogP contribution in [0.5, 0.6) is 0 Å². The minimum atomic E-state index is -0.564. The van der Waals surface area contributed by atoms with E-state index in [9.17, 15) is 9.59 Å². The molecule has 0 aliphatic carbocycles. The van der Waals surface area contributed by atoms with Crippen molar-refractivity contribution in [3.8, 4) is 11.3 Å². The average molecular weight is 369 g/mol. The van der Waals surface area contributed by atoms with Crippen molar-refractivity contribution < 1.29 is 13.6 Å². The van der Waals surface area contributed by atoms with Gasteiger partial charge in [-0.25, -0.2) is 9.78 Å². The molecule has 3 aromatic heterocycles. The van der Waals surface area contributed by atoms with Crippen molar-refractivity contribution in [1.29, 1.82) is 0 Å². The number of anilines is 1. The van der Waals surface area contributed by atoms with Crippen LogP contribution >= 0.6 is 11.3 Å². The van der Waals surface area contributed by atoms with Gasteiger partial charge in [0.05, 0.1) is 11.2 Å². The third-order valence-electron chi connectivity index (χ3n) is 3.94. The Morgan fingerprint density at radius 3 is 2.85 bits per heavy atom. The molecule has 3 heterocycles. The lowest BCUT2D eigenvalue weighted by Gasteiger charge is -2.02. The number of carbonyl (C=O) groups is 1. The second-order valence-electron chi connectivity index (χ2n) is 5.83. The number of hydrogen-bond acceptors (Lipinski definition) is 6. The lowest BCUT2D eigenvalue weighted by atomic mass is 10.2. The summed E-state index contributed by atoms with van der Waals surface area (Å²) in [6.45, 7) is 3.60. The van der Waals surface area contributed by atoms with Crippen molar-refractivity contribution in [2.75, 3.05) is 5.32 Å². The minimum absolute atomic E-state index is 0.144. The molecule has 0 radical (unpaired) electrons. The summed E-state index contributed by atoms with van der Waals surface area (Å²) in [6, 6.07) is 8.89. The number of rotatable bonds is 4. The Bertz CT molecular complexity index is 1160. The number of aromatic nitrogens is 2. The van der Waals surface area contributed by atoms with E-state index in [0.717, 1.165) is 22.8 Å². The first-order valence-corrected chi connectivity index (χ1v) is 8.80. The third kappa shape index (κ3) is 2.95. The van der Waals surface area contributed by atoms with Crippen LogP contribution < -0.4 is 11.1 Å². The summed E-state index contributed by atoms with van der Waals surface area (Å²) in [5.74, 6) is 0.676. The highest BCUT2D eigenvalue weighted by molar-refractivity contribution is 7.14. The minimum Gasteiger partial charge on any atom is -0.466 e. The molecule has 0 saturated carbocycles. The first kappa shape index (κ1) is 16.3. The standard InChI is InChI=1S/C18H15N3O4S/c1-10-7-12(11(2)24-10)13-9-26-17(19-13)20-16(22)8-21-14-5-3-4-6-15(14)25-18(21)23/h3-7,9H,8H2,1-2H3,(H,19,20,22). The molecule has 0 spiro atoms. The number of nitrogens with zero attached hydrogens (tertiary/aromatic N) is 2. The van der Waals surface area contributed by atoms with Crippen molar-refractivity contribution in [2.45, 2.75) is 20.4 Å². The van der Waals surface area contributed by atoms with Crippen molar-refractivity contribution in [3.05, 3.63) is 57.8 Å². The zero-order chi connectivity index (χ0) is 18.3. The van der Waals surface area contributed by atoms with E-state index in [0.29, 0.717) is 16.2 Å². The van der Waals surface area contributed by atoms with Gasteiger partial charge in [-0.2, -0.15) is 0 Å². The van der Waals surface area contributed by atoms with Gasteiger partial charge >= 0.3 is 5.76 Å². The average Bonchev–Trinajstić information content (AvgIpc) is 3.26. The molecule has 0 unspecified atom stereocenters. The lowest BCUT2D eigenvalue weighted by Crippen LogP contribution is -2.24. The number of amides is 1. The van der Waals surface area contributed by atoms with Crippen LogP contribution in [0.3, 0.4) is 0 Å². The fraction of sp³-hybridized carbons (Fsp3) is 0.167. The van der Waals surface area contributed by atoms with Crippen LogP contribution in [0.2, 0.25) is 0 Å². The van der Waals surface area contributed by atoms with Gasteiger partial charge in [-0.05, 0) is 32.0 Å². The smallest absolute Gasteiger partial charge is 0.420 e. The Kier molecular flexibility index (Phi) is 3.96. The predicted molar refractivity (Wildman–Crippen MR) is 98.4 cm³/mol.